The van der Waals surface area contributed by atoms with Gasteiger partial charge in [-0.1, -0.05) is 0 Å². The molecule has 0 radical (unpaired) electrons. The molecule has 1 rings (SSSR count). The summed E-state index contributed by atoms with van der Waals surface area (Å²) in [4.78, 5) is 12.9. The Balaban J connectivity index is 3.03. The summed E-state index contributed by atoms with van der Waals surface area (Å²) in [5, 5.41) is 4.07. The van der Waals surface area contributed by atoms with Crippen molar-refractivity contribution in [3.63, 3.8) is 0 Å². The Kier molecular flexibility index (Phi) is 4.03. The molecule has 0 spiro atoms. The lowest BCUT2D eigenvalue weighted by atomic mass is 10.2. The van der Waals surface area contributed by atoms with Crippen LogP contribution in [0.25, 0.3) is 0 Å². The first-order chi connectivity index (χ1) is 7.88. The average Bonchev–Trinajstić information content (AvgIpc) is 2.53. The molecule has 0 unspecified atom stereocenters. The average molecular weight is 246 g/mol. The predicted molar refractivity (Wildman–Crippen MR) is 60.0 cm³/mol. The third-order valence-corrected chi connectivity index (χ3v) is 2.43. The van der Waals surface area contributed by atoms with Crippen LogP contribution in [0.4, 0.5) is 14.5 Å². The highest BCUT2D eigenvalue weighted by molar-refractivity contribution is 5.97. The number of nitrogens with zero attached hydrogens (tertiary/aromatic N) is 3. The number of nitrogen functional groups attached to an aromatic ring is 1. The Morgan fingerprint density at radius 1 is 1.59 bits per heavy atom. The minimum absolute atomic E-state index is 0.174. The summed E-state index contributed by atoms with van der Waals surface area (Å²) in [5.74, 6) is -0.537. The van der Waals surface area contributed by atoms with Gasteiger partial charge in [0.25, 0.3) is 12.3 Å². The van der Waals surface area contributed by atoms with Crippen LogP contribution in [-0.2, 0) is 6.54 Å². The van der Waals surface area contributed by atoms with Gasteiger partial charge >= 0.3 is 0 Å². The van der Waals surface area contributed by atoms with E-state index in [2.05, 4.69) is 5.10 Å². The maximum atomic E-state index is 12.2. The summed E-state index contributed by atoms with van der Waals surface area (Å²) in [6.45, 7) is 3.31. The predicted octanol–water partition coefficient (Wildman–Crippen LogP) is 1.13. The summed E-state index contributed by atoms with van der Waals surface area (Å²) in [5.41, 5.74) is 6.68. The van der Waals surface area contributed by atoms with Gasteiger partial charge in [0.15, 0.2) is 0 Å². The molecule has 0 bridgehead atoms. The van der Waals surface area contributed by atoms with Crippen LogP contribution < -0.4 is 5.73 Å². The van der Waals surface area contributed by atoms with Gasteiger partial charge < -0.3 is 10.6 Å². The first-order valence-electron chi connectivity index (χ1n) is 5.25. The second-order valence-corrected chi connectivity index (χ2v) is 3.74. The lowest BCUT2D eigenvalue weighted by Crippen LogP contribution is -2.33. The number of hydrogen-bond acceptors (Lipinski definition) is 3. The van der Waals surface area contributed by atoms with Crippen LogP contribution in [0.5, 0.6) is 0 Å². The van der Waals surface area contributed by atoms with Crippen LogP contribution >= 0.6 is 0 Å². The molecule has 17 heavy (non-hydrogen) atoms. The molecule has 1 aromatic rings. The molecule has 1 aromatic heterocycles. The first-order valence-corrected chi connectivity index (χ1v) is 5.25. The van der Waals surface area contributed by atoms with E-state index in [0.29, 0.717) is 12.2 Å². The van der Waals surface area contributed by atoms with Gasteiger partial charge in [0.05, 0.1) is 17.9 Å². The van der Waals surface area contributed by atoms with Gasteiger partial charge in [-0.15, -0.1) is 0 Å². The molecular weight excluding hydrogens is 230 g/mol. The molecule has 1 heterocycles. The highest BCUT2D eigenvalue weighted by atomic mass is 19.3. The lowest BCUT2D eigenvalue weighted by molar-refractivity contribution is 0.0610. The third kappa shape index (κ3) is 2.72. The maximum absolute atomic E-state index is 12.2. The number of anilines is 1. The molecule has 96 valence electrons. The quantitative estimate of drug-likeness (QED) is 0.866. The number of rotatable bonds is 4. The van der Waals surface area contributed by atoms with E-state index < -0.39 is 18.9 Å². The van der Waals surface area contributed by atoms with Crippen molar-refractivity contribution < 1.29 is 13.6 Å². The summed E-state index contributed by atoms with van der Waals surface area (Å²) in [6, 6.07) is 0. The third-order valence-electron chi connectivity index (χ3n) is 2.43. The van der Waals surface area contributed by atoms with E-state index in [0.717, 1.165) is 4.90 Å². The SMILES string of the molecule is CCn1nc(C)c(N)c1C(=O)N(C)CC(F)F. The van der Waals surface area contributed by atoms with Gasteiger partial charge in [-0.25, -0.2) is 8.78 Å². The highest BCUT2D eigenvalue weighted by Gasteiger charge is 2.23. The van der Waals surface area contributed by atoms with Crippen LogP contribution in [0.3, 0.4) is 0 Å². The fraction of sp³-hybridized carbons (Fsp3) is 0.600. The van der Waals surface area contributed by atoms with Crippen LogP contribution in [0.2, 0.25) is 0 Å². The normalized spacial score (nSPS) is 10.9. The number of aromatic nitrogens is 2. The Bertz CT molecular complexity index is 417. The molecule has 1 amide bonds. The Morgan fingerprint density at radius 3 is 2.65 bits per heavy atom. The van der Waals surface area contributed by atoms with Crippen molar-refractivity contribution in [3.8, 4) is 0 Å². The maximum Gasteiger partial charge on any atom is 0.274 e. The smallest absolute Gasteiger partial charge is 0.274 e. The Hall–Kier alpha value is -1.66. The van der Waals surface area contributed by atoms with Crippen molar-refractivity contribution in [1.82, 2.24) is 14.7 Å². The van der Waals surface area contributed by atoms with Crippen LogP contribution in [0.1, 0.15) is 23.1 Å². The van der Waals surface area contributed by atoms with Gasteiger partial charge in [0.1, 0.15) is 5.69 Å². The largest absolute Gasteiger partial charge is 0.395 e. The van der Waals surface area contributed by atoms with E-state index in [-0.39, 0.29) is 11.4 Å². The van der Waals surface area contributed by atoms with Crippen molar-refractivity contribution in [2.75, 3.05) is 19.3 Å². The van der Waals surface area contributed by atoms with Crippen molar-refractivity contribution in [3.05, 3.63) is 11.4 Å². The number of aryl methyl sites for hydroxylation is 2. The molecule has 5 nitrogen and oxygen atoms in total. The number of hydrogen-bond donors (Lipinski definition) is 1. The monoisotopic (exact) mass is 246 g/mol. The zero-order valence-electron chi connectivity index (χ0n) is 10.1. The number of carbonyl (C=O) groups excluding carboxylic acids is 1. The van der Waals surface area contributed by atoms with Gasteiger partial charge in [-0.3, -0.25) is 9.48 Å². The first kappa shape index (κ1) is 13.4. The van der Waals surface area contributed by atoms with E-state index in [1.165, 1.54) is 11.7 Å². The number of halogens is 2. The molecule has 0 fully saturated rings. The molecule has 0 aliphatic carbocycles. The van der Waals surface area contributed by atoms with E-state index in [1.54, 1.807) is 13.8 Å². The molecule has 0 saturated heterocycles. The van der Waals surface area contributed by atoms with E-state index >= 15 is 0 Å². The summed E-state index contributed by atoms with van der Waals surface area (Å²) in [6.07, 6.45) is -2.57. The van der Waals surface area contributed by atoms with E-state index in [1.807, 2.05) is 0 Å². The second kappa shape index (κ2) is 5.11. The van der Waals surface area contributed by atoms with E-state index in [9.17, 15) is 13.6 Å². The highest BCUT2D eigenvalue weighted by Crippen LogP contribution is 2.18. The van der Waals surface area contributed by atoms with Crippen molar-refractivity contribution in [2.45, 2.75) is 26.8 Å². The van der Waals surface area contributed by atoms with Gasteiger partial charge in [0.2, 0.25) is 0 Å². The standard InChI is InChI=1S/C10H16F2N4O/c1-4-16-9(8(13)6(2)14-16)10(17)15(3)5-7(11)12/h7H,4-5,13H2,1-3H3. The van der Waals surface area contributed by atoms with Gasteiger partial charge in [0, 0.05) is 13.6 Å². The molecule has 7 heteroatoms. The molecule has 0 atom stereocenters. The van der Waals surface area contributed by atoms with Crippen molar-refractivity contribution in [1.29, 1.82) is 0 Å². The summed E-state index contributed by atoms with van der Waals surface area (Å²) >= 11 is 0. The van der Waals surface area contributed by atoms with Gasteiger partial charge in [-0.05, 0) is 13.8 Å². The molecular formula is C10H16F2N4O. The lowest BCUT2D eigenvalue weighted by Gasteiger charge is -2.17. The van der Waals surface area contributed by atoms with Gasteiger partial charge in [-0.2, -0.15) is 5.10 Å². The van der Waals surface area contributed by atoms with Crippen LogP contribution in [-0.4, -0.2) is 40.6 Å². The molecule has 0 saturated carbocycles. The minimum Gasteiger partial charge on any atom is -0.395 e. The Labute approximate surface area is 98.2 Å². The van der Waals surface area contributed by atoms with E-state index in [4.69, 9.17) is 5.73 Å². The minimum atomic E-state index is -2.57. The molecule has 0 aliphatic heterocycles. The topological polar surface area (TPSA) is 64.2 Å². The molecule has 0 aliphatic rings. The Morgan fingerprint density at radius 2 is 2.18 bits per heavy atom. The van der Waals surface area contributed by atoms with Crippen LogP contribution in [0.15, 0.2) is 0 Å². The van der Waals surface area contributed by atoms with Crippen molar-refractivity contribution >= 4 is 11.6 Å². The number of alkyl halides is 2. The number of amides is 1. The number of nitrogens with two attached hydrogens (primary N) is 1. The summed E-state index contributed by atoms with van der Waals surface area (Å²) < 4.78 is 25.8. The number of carbonyl (C=O) groups is 1. The summed E-state index contributed by atoms with van der Waals surface area (Å²) in [7, 11) is 1.32. The fourth-order valence-corrected chi connectivity index (χ4v) is 1.52. The van der Waals surface area contributed by atoms with Crippen molar-refractivity contribution in [2.24, 2.45) is 0 Å². The van der Waals surface area contributed by atoms with Crippen LogP contribution in [0, 0.1) is 6.92 Å². The fourth-order valence-electron chi connectivity index (χ4n) is 1.52. The second-order valence-electron chi connectivity index (χ2n) is 3.74. The zero-order chi connectivity index (χ0) is 13.2. The molecule has 0 aromatic carbocycles. The zero-order valence-corrected chi connectivity index (χ0v) is 10.1. The molecule has 2 N–H and O–H groups in total.